The van der Waals surface area contributed by atoms with Gasteiger partial charge in [-0.05, 0) is 23.4 Å². The van der Waals surface area contributed by atoms with E-state index in [9.17, 15) is 0 Å². The van der Waals surface area contributed by atoms with E-state index in [0.29, 0.717) is 38.9 Å². The summed E-state index contributed by atoms with van der Waals surface area (Å²) in [5.41, 5.74) is 6.76. The fourth-order valence-electron chi connectivity index (χ4n) is 2.11. The van der Waals surface area contributed by atoms with Crippen molar-refractivity contribution in [3.05, 3.63) is 36.0 Å². The molecule has 1 aromatic heterocycles. The highest BCUT2D eigenvalue weighted by Gasteiger charge is 2.07. The Morgan fingerprint density at radius 3 is 2.62 bits per heavy atom. The number of hydrogen-bond donors (Lipinski definition) is 1. The Labute approximate surface area is 125 Å². The smallest absolute Gasteiger partial charge is 0.221 e. The van der Waals surface area contributed by atoms with Crippen LogP contribution in [-0.4, -0.2) is 38.5 Å². The number of fused-ring (bicyclic) bond motifs is 1. The Kier molecular flexibility index (Phi) is 6.40. The summed E-state index contributed by atoms with van der Waals surface area (Å²) in [7, 11) is 1.69. The van der Waals surface area contributed by atoms with Crippen molar-refractivity contribution >= 4 is 10.8 Å². The van der Waals surface area contributed by atoms with E-state index in [-0.39, 0.29) is 0 Å². The van der Waals surface area contributed by atoms with Gasteiger partial charge in [-0.2, -0.15) is 0 Å². The summed E-state index contributed by atoms with van der Waals surface area (Å²) in [5, 5.41) is 2.07. The van der Waals surface area contributed by atoms with Crippen LogP contribution in [-0.2, 0) is 16.0 Å². The van der Waals surface area contributed by atoms with Crippen LogP contribution in [0.15, 0.2) is 30.5 Å². The topological polar surface area (TPSA) is 66.6 Å². The van der Waals surface area contributed by atoms with Crippen molar-refractivity contribution in [1.82, 2.24) is 4.98 Å². The van der Waals surface area contributed by atoms with E-state index in [0.717, 1.165) is 22.8 Å². The Hall–Kier alpha value is -1.69. The highest BCUT2D eigenvalue weighted by Crippen LogP contribution is 2.25. The van der Waals surface area contributed by atoms with Crippen molar-refractivity contribution in [2.24, 2.45) is 5.73 Å². The SMILES string of the molecule is COCCCOCCOc1ncc(CN)c2ccccc12. The van der Waals surface area contributed by atoms with Gasteiger partial charge in [0.1, 0.15) is 6.61 Å². The number of rotatable bonds is 9. The number of methoxy groups -OCH3 is 1. The van der Waals surface area contributed by atoms with E-state index in [1.165, 1.54) is 0 Å². The summed E-state index contributed by atoms with van der Waals surface area (Å²) in [6.45, 7) is 2.88. The normalized spacial score (nSPS) is 11.0. The molecule has 2 N–H and O–H groups in total. The molecule has 1 aromatic carbocycles. The maximum atomic E-state index is 5.73. The zero-order valence-electron chi connectivity index (χ0n) is 12.4. The molecular weight excluding hydrogens is 268 g/mol. The summed E-state index contributed by atoms with van der Waals surface area (Å²) in [6.07, 6.45) is 2.67. The first kappa shape index (κ1) is 15.7. The highest BCUT2D eigenvalue weighted by molar-refractivity contribution is 5.89. The molecule has 0 fully saturated rings. The number of nitrogens with two attached hydrogens (primary N) is 1. The fraction of sp³-hybridized carbons (Fsp3) is 0.438. The zero-order chi connectivity index (χ0) is 14.9. The van der Waals surface area contributed by atoms with Crippen molar-refractivity contribution in [3.63, 3.8) is 0 Å². The standard InChI is InChI=1S/C16H22N2O3/c1-19-7-4-8-20-9-10-21-16-15-6-3-2-5-14(15)13(11-17)12-18-16/h2-3,5-6,12H,4,7-11,17H2,1H3. The predicted octanol–water partition coefficient (Wildman–Crippen LogP) is 2.13. The number of hydrogen-bond acceptors (Lipinski definition) is 5. The van der Waals surface area contributed by atoms with Crippen LogP contribution in [0.25, 0.3) is 10.8 Å². The minimum absolute atomic E-state index is 0.469. The first-order chi connectivity index (χ1) is 10.4. The van der Waals surface area contributed by atoms with Crippen LogP contribution in [0.4, 0.5) is 0 Å². The molecule has 0 saturated carbocycles. The molecule has 1 heterocycles. The summed E-state index contributed by atoms with van der Waals surface area (Å²) in [6, 6.07) is 7.99. The quantitative estimate of drug-likeness (QED) is 0.717. The Morgan fingerprint density at radius 2 is 1.86 bits per heavy atom. The molecule has 0 aliphatic heterocycles. The molecule has 0 bridgehead atoms. The number of ether oxygens (including phenoxy) is 3. The molecule has 0 aliphatic rings. The van der Waals surface area contributed by atoms with E-state index in [4.69, 9.17) is 19.9 Å². The van der Waals surface area contributed by atoms with E-state index in [1.54, 1.807) is 13.3 Å². The van der Waals surface area contributed by atoms with Gasteiger partial charge >= 0.3 is 0 Å². The summed E-state index contributed by atoms with van der Waals surface area (Å²) < 4.78 is 16.1. The van der Waals surface area contributed by atoms with Crippen LogP contribution in [0.3, 0.4) is 0 Å². The summed E-state index contributed by atoms with van der Waals surface area (Å²) in [5.74, 6) is 0.628. The minimum atomic E-state index is 0.469. The Morgan fingerprint density at radius 1 is 1.05 bits per heavy atom. The first-order valence-electron chi connectivity index (χ1n) is 7.13. The molecule has 0 aliphatic carbocycles. The van der Waals surface area contributed by atoms with Crippen molar-refractivity contribution in [2.75, 3.05) is 33.5 Å². The van der Waals surface area contributed by atoms with Gasteiger partial charge in [-0.15, -0.1) is 0 Å². The molecule has 0 unspecified atom stereocenters. The van der Waals surface area contributed by atoms with Gasteiger partial charge in [0.2, 0.25) is 5.88 Å². The van der Waals surface area contributed by atoms with Crippen LogP contribution >= 0.6 is 0 Å². The van der Waals surface area contributed by atoms with E-state index < -0.39 is 0 Å². The lowest BCUT2D eigenvalue weighted by Crippen LogP contribution is -2.10. The average molecular weight is 290 g/mol. The lowest BCUT2D eigenvalue weighted by Gasteiger charge is -2.11. The molecule has 0 amide bonds. The predicted molar refractivity (Wildman–Crippen MR) is 82.4 cm³/mol. The van der Waals surface area contributed by atoms with Gasteiger partial charge in [0.25, 0.3) is 0 Å². The summed E-state index contributed by atoms with van der Waals surface area (Å²) >= 11 is 0. The largest absolute Gasteiger partial charge is 0.475 e. The molecule has 0 saturated heterocycles. The molecule has 21 heavy (non-hydrogen) atoms. The van der Waals surface area contributed by atoms with Crippen molar-refractivity contribution in [3.8, 4) is 5.88 Å². The maximum absolute atomic E-state index is 5.73. The van der Waals surface area contributed by atoms with Crippen LogP contribution < -0.4 is 10.5 Å². The van der Waals surface area contributed by atoms with Crippen LogP contribution in [0.1, 0.15) is 12.0 Å². The van der Waals surface area contributed by atoms with Gasteiger partial charge in [-0.3, -0.25) is 0 Å². The monoisotopic (exact) mass is 290 g/mol. The molecular formula is C16H22N2O3. The van der Waals surface area contributed by atoms with Gasteiger partial charge in [0.15, 0.2) is 0 Å². The molecule has 0 atom stereocenters. The molecule has 114 valence electrons. The van der Waals surface area contributed by atoms with Gasteiger partial charge in [-0.1, -0.05) is 18.2 Å². The van der Waals surface area contributed by atoms with Crippen molar-refractivity contribution in [2.45, 2.75) is 13.0 Å². The third-order valence-electron chi connectivity index (χ3n) is 3.16. The number of aromatic nitrogens is 1. The second kappa shape index (κ2) is 8.56. The third kappa shape index (κ3) is 4.39. The van der Waals surface area contributed by atoms with E-state index in [2.05, 4.69) is 4.98 Å². The van der Waals surface area contributed by atoms with Gasteiger partial charge in [0, 0.05) is 38.5 Å². The van der Waals surface area contributed by atoms with Crippen LogP contribution in [0.2, 0.25) is 0 Å². The molecule has 0 spiro atoms. The Bertz CT molecular complexity index is 560. The second-order valence-electron chi connectivity index (χ2n) is 4.65. The maximum Gasteiger partial charge on any atom is 0.221 e. The van der Waals surface area contributed by atoms with Crippen LogP contribution in [0.5, 0.6) is 5.88 Å². The molecule has 0 radical (unpaired) electrons. The number of benzene rings is 1. The third-order valence-corrected chi connectivity index (χ3v) is 3.16. The molecule has 2 aromatic rings. The first-order valence-corrected chi connectivity index (χ1v) is 7.13. The lowest BCUT2D eigenvalue weighted by atomic mass is 10.1. The van der Waals surface area contributed by atoms with Gasteiger partial charge < -0.3 is 19.9 Å². The molecule has 5 heteroatoms. The lowest BCUT2D eigenvalue weighted by molar-refractivity contribution is 0.0799. The fourth-order valence-corrected chi connectivity index (χ4v) is 2.11. The van der Waals surface area contributed by atoms with Crippen LogP contribution in [0, 0.1) is 0 Å². The Balaban J connectivity index is 1.90. The van der Waals surface area contributed by atoms with Crippen molar-refractivity contribution in [1.29, 1.82) is 0 Å². The van der Waals surface area contributed by atoms with Crippen molar-refractivity contribution < 1.29 is 14.2 Å². The summed E-state index contributed by atoms with van der Waals surface area (Å²) in [4.78, 5) is 4.35. The van der Waals surface area contributed by atoms with Gasteiger partial charge in [-0.25, -0.2) is 4.98 Å². The molecule has 5 nitrogen and oxygen atoms in total. The number of nitrogens with zero attached hydrogens (tertiary/aromatic N) is 1. The highest BCUT2D eigenvalue weighted by atomic mass is 16.5. The number of pyridine rings is 1. The molecule has 2 rings (SSSR count). The minimum Gasteiger partial charge on any atom is -0.475 e. The van der Waals surface area contributed by atoms with E-state index in [1.807, 2.05) is 24.3 Å². The second-order valence-corrected chi connectivity index (χ2v) is 4.65. The average Bonchev–Trinajstić information content (AvgIpc) is 2.54. The zero-order valence-corrected chi connectivity index (χ0v) is 12.4. The van der Waals surface area contributed by atoms with Gasteiger partial charge in [0.05, 0.1) is 6.61 Å². The van der Waals surface area contributed by atoms with E-state index >= 15 is 0 Å².